The van der Waals surface area contributed by atoms with Gasteiger partial charge in [-0.2, -0.15) is 5.10 Å². The van der Waals surface area contributed by atoms with Crippen molar-refractivity contribution in [2.75, 3.05) is 20.3 Å². The molecule has 0 saturated carbocycles. The highest BCUT2D eigenvalue weighted by molar-refractivity contribution is 5.98. The van der Waals surface area contributed by atoms with E-state index in [0.29, 0.717) is 18.8 Å². The van der Waals surface area contributed by atoms with E-state index in [9.17, 15) is 4.79 Å². The summed E-state index contributed by atoms with van der Waals surface area (Å²) < 4.78 is 5.15. The van der Waals surface area contributed by atoms with Gasteiger partial charge in [0, 0.05) is 31.5 Å². The van der Waals surface area contributed by atoms with Crippen LogP contribution in [0.25, 0.3) is 0 Å². The van der Waals surface area contributed by atoms with Crippen LogP contribution in [0, 0.1) is 6.92 Å². The van der Waals surface area contributed by atoms with Crippen LogP contribution in [0.4, 0.5) is 0 Å². The minimum atomic E-state index is -0.0767. The Labute approximate surface area is 149 Å². The fourth-order valence-corrected chi connectivity index (χ4v) is 3.47. The van der Waals surface area contributed by atoms with Crippen molar-refractivity contribution in [2.45, 2.75) is 45.6 Å². The molecule has 1 amide bonds. The second-order valence-electron chi connectivity index (χ2n) is 7.73. The monoisotopic (exact) mass is 341 g/mol. The van der Waals surface area contributed by atoms with Gasteiger partial charge in [0.15, 0.2) is 5.69 Å². The number of nitrogens with zero attached hydrogens (tertiary/aromatic N) is 2. The maximum Gasteiger partial charge on any atom is 0.275 e. The smallest absolute Gasteiger partial charge is 0.275 e. The number of hydrogen-bond acceptors (Lipinski definition) is 3. The number of aromatic amines is 1. The van der Waals surface area contributed by atoms with E-state index in [0.717, 1.165) is 23.2 Å². The number of rotatable bonds is 5. The van der Waals surface area contributed by atoms with E-state index in [1.165, 1.54) is 5.56 Å². The molecule has 1 N–H and O–H groups in total. The summed E-state index contributed by atoms with van der Waals surface area (Å²) in [7, 11) is 1.68. The van der Waals surface area contributed by atoms with Crippen molar-refractivity contribution >= 4 is 5.91 Å². The lowest BCUT2D eigenvalue weighted by Crippen LogP contribution is -2.31. The molecule has 0 spiro atoms. The first-order valence-corrected chi connectivity index (χ1v) is 8.80. The Kier molecular flexibility index (Phi) is 4.69. The first-order valence-electron chi connectivity index (χ1n) is 8.80. The molecule has 0 unspecified atom stereocenters. The van der Waals surface area contributed by atoms with Crippen LogP contribution < -0.4 is 0 Å². The average molecular weight is 341 g/mol. The third-order valence-corrected chi connectivity index (χ3v) is 4.88. The first kappa shape index (κ1) is 17.7. The summed E-state index contributed by atoms with van der Waals surface area (Å²) in [5.74, 6) is 0.000325. The van der Waals surface area contributed by atoms with Crippen molar-refractivity contribution in [1.29, 1.82) is 0 Å². The minimum Gasteiger partial charge on any atom is -0.385 e. The summed E-state index contributed by atoms with van der Waals surface area (Å²) in [5.41, 5.74) is 5.05. The molecule has 0 fully saturated rings. The number of nitrogens with one attached hydrogen (secondary N) is 1. The van der Waals surface area contributed by atoms with Crippen LogP contribution in [0.1, 0.15) is 66.1 Å². The zero-order chi connectivity index (χ0) is 18.2. The molecule has 1 atom stereocenters. The molecule has 25 heavy (non-hydrogen) atoms. The molecule has 1 aromatic heterocycles. The molecule has 2 heterocycles. The van der Waals surface area contributed by atoms with Gasteiger partial charge in [0.1, 0.15) is 0 Å². The molecule has 5 heteroatoms. The number of amides is 1. The van der Waals surface area contributed by atoms with Gasteiger partial charge in [-0.25, -0.2) is 0 Å². The van der Waals surface area contributed by atoms with E-state index in [4.69, 9.17) is 4.74 Å². The molecule has 0 aliphatic carbocycles. The van der Waals surface area contributed by atoms with Crippen LogP contribution in [0.3, 0.4) is 0 Å². The summed E-state index contributed by atoms with van der Waals surface area (Å²) >= 11 is 0. The van der Waals surface area contributed by atoms with Crippen molar-refractivity contribution in [2.24, 2.45) is 0 Å². The Hall–Kier alpha value is -2.14. The zero-order valence-electron chi connectivity index (χ0n) is 15.7. The Morgan fingerprint density at radius 1 is 1.24 bits per heavy atom. The average Bonchev–Trinajstić information content (AvgIpc) is 3.07. The fraction of sp³-hybridized carbons (Fsp3) is 0.500. The van der Waals surface area contributed by atoms with E-state index in [1.54, 1.807) is 7.11 Å². The third kappa shape index (κ3) is 3.21. The van der Waals surface area contributed by atoms with Gasteiger partial charge in [0.25, 0.3) is 5.91 Å². The Balaban J connectivity index is 1.97. The van der Waals surface area contributed by atoms with E-state index in [-0.39, 0.29) is 17.4 Å². The number of aryl methyl sites for hydroxylation is 1. The van der Waals surface area contributed by atoms with Gasteiger partial charge in [-0.1, -0.05) is 45.0 Å². The molecule has 1 aliphatic heterocycles. The standard InChI is InChI=1S/C20H27N3O2/c1-13-16-17(22-21-13)19(24)23(11-6-12-25-5)18(16)14-7-9-15(10-8-14)20(2,3)4/h7-10,18H,6,11-12H2,1-5H3,(H,21,22)/t18-/m0/s1. The van der Waals surface area contributed by atoms with Crippen molar-refractivity contribution < 1.29 is 9.53 Å². The Morgan fingerprint density at radius 2 is 1.92 bits per heavy atom. The lowest BCUT2D eigenvalue weighted by molar-refractivity contribution is 0.0722. The molecule has 134 valence electrons. The Bertz CT molecular complexity index is 756. The normalized spacial score (nSPS) is 17.2. The second kappa shape index (κ2) is 6.64. The fourth-order valence-electron chi connectivity index (χ4n) is 3.47. The zero-order valence-corrected chi connectivity index (χ0v) is 15.7. The number of ether oxygens (including phenoxy) is 1. The van der Waals surface area contributed by atoms with Crippen LogP contribution in [0.2, 0.25) is 0 Å². The summed E-state index contributed by atoms with van der Waals surface area (Å²) in [5, 5.41) is 7.21. The molecule has 0 radical (unpaired) electrons. The van der Waals surface area contributed by atoms with Gasteiger partial charge in [0.05, 0.1) is 6.04 Å². The minimum absolute atomic E-state index is 0.000325. The van der Waals surface area contributed by atoms with Crippen LogP contribution >= 0.6 is 0 Å². The van der Waals surface area contributed by atoms with Gasteiger partial charge in [-0.15, -0.1) is 0 Å². The number of hydrogen-bond donors (Lipinski definition) is 1. The predicted octanol–water partition coefficient (Wildman–Crippen LogP) is 3.60. The highest BCUT2D eigenvalue weighted by Gasteiger charge is 2.41. The lowest BCUT2D eigenvalue weighted by Gasteiger charge is -2.27. The SMILES string of the molecule is COCCCN1C(=O)c2n[nH]c(C)c2[C@@H]1c1ccc(C(C)(C)C)cc1. The number of carbonyl (C=O) groups is 1. The molecular formula is C20H27N3O2. The number of carbonyl (C=O) groups excluding carboxylic acids is 1. The molecule has 2 aromatic rings. The highest BCUT2D eigenvalue weighted by atomic mass is 16.5. The van der Waals surface area contributed by atoms with Crippen molar-refractivity contribution in [1.82, 2.24) is 15.1 Å². The molecular weight excluding hydrogens is 314 g/mol. The van der Waals surface area contributed by atoms with Gasteiger partial charge in [-0.05, 0) is 29.9 Å². The number of benzene rings is 1. The number of H-pyrrole nitrogens is 1. The molecule has 1 aliphatic rings. The van der Waals surface area contributed by atoms with E-state index < -0.39 is 0 Å². The van der Waals surface area contributed by atoms with Crippen molar-refractivity contribution in [3.05, 3.63) is 52.3 Å². The van der Waals surface area contributed by atoms with Gasteiger partial charge < -0.3 is 9.64 Å². The van der Waals surface area contributed by atoms with Crippen LogP contribution in [0.5, 0.6) is 0 Å². The highest BCUT2D eigenvalue weighted by Crippen LogP contribution is 2.39. The van der Waals surface area contributed by atoms with E-state index in [2.05, 4.69) is 55.2 Å². The number of fused-ring (bicyclic) bond motifs is 1. The van der Waals surface area contributed by atoms with Gasteiger partial charge in [-0.3, -0.25) is 9.89 Å². The van der Waals surface area contributed by atoms with Crippen LogP contribution in [-0.2, 0) is 10.2 Å². The van der Waals surface area contributed by atoms with Gasteiger partial charge >= 0.3 is 0 Å². The van der Waals surface area contributed by atoms with E-state index in [1.807, 2.05) is 11.8 Å². The predicted molar refractivity (Wildman–Crippen MR) is 97.8 cm³/mol. The van der Waals surface area contributed by atoms with Crippen LogP contribution in [0.15, 0.2) is 24.3 Å². The maximum atomic E-state index is 12.8. The first-order chi connectivity index (χ1) is 11.8. The summed E-state index contributed by atoms with van der Waals surface area (Å²) in [6.07, 6.45) is 0.811. The molecule has 0 saturated heterocycles. The van der Waals surface area contributed by atoms with E-state index >= 15 is 0 Å². The number of methoxy groups -OCH3 is 1. The summed E-state index contributed by atoms with van der Waals surface area (Å²) in [4.78, 5) is 14.7. The van der Waals surface area contributed by atoms with Gasteiger partial charge in [0.2, 0.25) is 0 Å². The second-order valence-corrected chi connectivity index (χ2v) is 7.73. The number of aromatic nitrogens is 2. The Morgan fingerprint density at radius 3 is 2.52 bits per heavy atom. The third-order valence-electron chi connectivity index (χ3n) is 4.88. The van der Waals surface area contributed by atoms with Crippen molar-refractivity contribution in [3.63, 3.8) is 0 Å². The topological polar surface area (TPSA) is 58.2 Å². The summed E-state index contributed by atoms with van der Waals surface area (Å²) in [6, 6.07) is 8.54. The largest absolute Gasteiger partial charge is 0.385 e. The molecule has 3 rings (SSSR count). The molecule has 1 aromatic carbocycles. The van der Waals surface area contributed by atoms with Crippen LogP contribution in [-0.4, -0.2) is 41.3 Å². The summed E-state index contributed by atoms with van der Waals surface area (Å²) in [6.45, 7) is 9.90. The molecule has 5 nitrogen and oxygen atoms in total. The lowest BCUT2D eigenvalue weighted by atomic mass is 9.86. The van der Waals surface area contributed by atoms with Crippen molar-refractivity contribution in [3.8, 4) is 0 Å². The maximum absolute atomic E-state index is 12.8. The quantitative estimate of drug-likeness (QED) is 0.846. The molecule has 0 bridgehead atoms.